The number of hydrogen-bond acceptors (Lipinski definition) is 5. The molecule has 7 heteroatoms. The molecule has 128 valence electrons. The summed E-state index contributed by atoms with van der Waals surface area (Å²) in [5.41, 5.74) is 6.16. The summed E-state index contributed by atoms with van der Waals surface area (Å²) in [6, 6.07) is 5.78. The minimum absolute atomic E-state index is 0.0725. The molecule has 0 spiro atoms. The van der Waals surface area contributed by atoms with Crippen molar-refractivity contribution in [3.63, 3.8) is 0 Å². The molecule has 0 radical (unpaired) electrons. The third kappa shape index (κ3) is 3.21. The Balaban J connectivity index is 1.89. The highest BCUT2D eigenvalue weighted by atomic mass is 32.1. The van der Waals surface area contributed by atoms with Gasteiger partial charge in [-0.1, -0.05) is 6.07 Å². The number of rotatable bonds is 3. The Hall–Kier alpha value is -2.15. The first-order chi connectivity index (χ1) is 11.5. The number of nitrogen functional groups attached to an aromatic ring is 1. The van der Waals surface area contributed by atoms with E-state index in [1.807, 2.05) is 22.4 Å². The summed E-state index contributed by atoms with van der Waals surface area (Å²) >= 11 is 1.52. The third-order valence-corrected chi connectivity index (χ3v) is 5.43. The van der Waals surface area contributed by atoms with Crippen molar-refractivity contribution in [1.29, 1.82) is 0 Å². The molecule has 2 aromatic rings. The standard InChI is InChI=1S/C17H22N4O2S/c1-11-5-3-6-12(2)21(11)16(22)10-20-17(23)13(18)9-14(19-20)15-7-4-8-24-15/h4,7-9,11-12H,3,5-6,10,18H2,1-2H3. The Kier molecular flexibility index (Phi) is 4.71. The van der Waals surface area contributed by atoms with E-state index in [9.17, 15) is 9.59 Å². The molecule has 2 atom stereocenters. The van der Waals surface area contributed by atoms with Crippen LogP contribution in [-0.4, -0.2) is 32.7 Å². The van der Waals surface area contributed by atoms with Crippen molar-refractivity contribution in [3.8, 4) is 10.6 Å². The number of thiophene rings is 1. The van der Waals surface area contributed by atoms with E-state index in [1.165, 1.54) is 16.0 Å². The maximum absolute atomic E-state index is 12.7. The van der Waals surface area contributed by atoms with E-state index < -0.39 is 5.56 Å². The Morgan fingerprint density at radius 1 is 1.38 bits per heavy atom. The van der Waals surface area contributed by atoms with Gasteiger partial charge < -0.3 is 10.6 Å². The Morgan fingerprint density at radius 3 is 2.71 bits per heavy atom. The lowest BCUT2D eigenvalue weighted by Crippen LogP contribution is -2.49. The number of piperidine rings is 1. The summed E-state index contributed by atoms with van der Waals surface area (Å²) in [4.78, 5) is 27.8. The third-order valence-electron chi connectivity index (χ3n) is 4.54. The highest BCUT2D eigenvalue weighted by Crippen LogP contribution is 2.24. The fourth-order valence-electron chi connectivity index (χ4n) is 3.34. The lowest BCUT2D eigenvalue weighted by Gasteiger charge is -2.39. The van der Waals surface area contributed by atoms with Crippen molar-refractivity contribution >= 4 is 22.9 Å². The number of hydrogen-bond donors (Lipinski definition) is 1. The van der Waals surface area contributed by atoms with Crippen LogP contribution in [0.4, 0.5) is 5.69 Å². The number of anilines is 1. The summed E-state index contributed by atoms with van der Waals surface area (Å²) in [5, 5.41) is 6.28. The number of carbonyl (C=O) groups excluding carboxylic acids is 1. The number of nitrogens with two attached hydrogens (primary N) is 1. The van der Waals surface area contributed by atoms with Gasteiger partial charge in [0, 0.05) is 12.1 Å². The number of amides is 1. The van der Waals surface area contributed by atoms with Crippen LogP contribution < -0.4 is 11.3 Å². The zero-order valence-corrected chi connectivity index (χ0v) is 14.8. The molecule has 2 aromatic heterocycles. The number of carbonyl (C=O) groups is 1. The van der Waals surface area contributed by atoms with Crippen molar-refractivity contribution in [2.24, 2.45) is 0 Å². The summed E-state index contributed by atoms with van der Waals surface area (Å²) in [7, 11) is 0. The average Bonchev–Trinajstić information content (AvgIpc) is 3.06. The molecule has 1 aliphatic heterocycles. The molecule has 0 aliphatic carbocycles. The van der Waals surface area contributed by atoms with Crippen LogP contribution in [-0.2, 0) is 11.3 Å². The predicted octanol–water partition coefficient (Wildman–Crippen LogP) is 2.34. The quantitative estimate of drug-likeness (QED) is 0.925. The number of likely N-dealkylation sites (tertiary alicyclic amines) is 1. The first kappa shape index (κ1) is 16.7. The molecule has 0 aromatic carbocycles. The topological polar surface area (TPSA) is 81.2 Å². The Labute approximate surface area is 144 Å². The molecule has 2 unspecified atom stereocenters. The van der Waals surface area contributed by atoms with Crippen LogP contribution in [0.15, 0.2) is 28.4 Å². The molecule has 0 bridgehead atoms. The highest BCUT2D eigenvalue weighted by molar-refractivity contribution is 7.13. The van der Waals surface area contributed by atoms with E-state index in [0.717, 1.165) is 24.1 Å². The second kappa shape index (κ2) is 6.76. The van der Waals surface area contributed by atoms with Gasteiger partial charge in [-0.2, -0.15) is 5.10 Å². The molecular formula is C17H22N4O2S. The van der Waals surface area contributed by atoms with Crippen LogP contribution in [0, 0.1) is 0 Å². The van der Waals surface area contributed by atoms with E-state index in [-0.39, 0.29) is 30.2 Å². The Morgan fingerprint density at radius 2 is 2.08 bits per heavy atom. The lowest BCUT2D eigenvalue weighted by molar-refractivity contribution is -0.138. The van der Waals surface area contributed by atoms with E-state index in [2.05, 4.69) is 18.9 Å². The minimum atomic E-state index is -0.416. The van der Waals surface area contributed by atoms with Gasteiger partial charge in [0.05, 0.1) is 4.88 Å². The van der Waals surface area contributed by atoms with Crippen LogP contribution in [0.5, 0.6) is 0 Å². The molecule has 1 fully saturated rings. The van der Waals surface area contributed by atoms with Gasteiger partial charge in [0.25, 0.3) is 5.56 Å². The highest BCUT2D eigenvalue weighted by Gasteiger charge is 2.29. The van der Waals surface area contributed by atoms with E-state index in [0.29, 0.717) is 5.69 Å². The van der Waals surface area contributed by atoms with Gasteiger partial charge in [-0.25, -0.2) is 4.68 Å². The Bertz CT molecular complexity index is 774. The molecule has 24 heavy (non-hydrogen) atoms. The summed E-state index contributed by atoms with van der Waals surface area (Å²) in [6.07, 6.45) is 3.12. The van der Waals surface area contributed by atoms with Crippen molar-refractivity contribution in [2.75, 3.05) is 5.73 Å². The van der Waals surface area contributed by atoms with Gasteiger partial charge >= 0.3 is 0 Å². The molecule has 0 saturated carbocycles. The zero-order chi connectivity index (χ0) is 17.3. The molecular weight excluding hydrogens is 324 g/mol. The predicted molar refractivity (Wildman–Crippen MR) is 95.8 cm³/mol. The largest absolute Gasteiger partial charge is 0.394 e. The molecule has 3 heterocycles. The number of nitrogens with zero attached hydrogens (tertiary/aromatic N) is 3. The van der Waals surface area contributed by atoms with Crippen LogP contribution >= 0.6 is 11.3 Å². The smallest absolute Gasteiger partial charge is 0.290 e. The SMILES string of the molecule is CC1CCCC(C)N1C(=O)Cn1nc(-c2cccs2)cc(N)c1=O. The van der Waals surface area contributed by atoms with Crippen molar-refractivity contribution in [3.05, 3.63) is 33.9 Å². The van der Waals surface area contributed by atoms with Crippen LogP contribution in [0.1, 0.15) is 33.1 Å². The van der Waals surface area contributed by atoms with Crippen LogP contribution in [0.3, 0.4) is 0 Å². The molecule has 6 nitrogen and oxygen atoms in total. The van der Waals surface area contributed by atoms with Gasteiger partial charge in [-0.3, -0.25) is 9.59 Å². The molecule has 1 amide bonds. The van der Waals surface area contributed by atoms with Gasteiger partial charge in [-0.05, 0) is 50.6 Å². The van der Waals surface area contributed by atoms with E-state index in [1.54, 1.807) is 6.07 Å². The summed E-state index contributed by atoms with van der Waals surface area (Å²) < 4.78 is 1.20. The number of aromatic nitrogens is 2. The zero-order valence-electron chi connectivity index (χ0n) is 13.9. The first-order valence-electron chi connectivity index (χ1n) is 8.20. The van der Waals surface area contributed by atoms with Gasteiger partial charge in [-0.15, -0.1) is 11.3 Å². The maximum Gasteiger partial charge on any atom is 0.290 e. The molecule has 3 rings (SSSR count). The summed E-state index contributed by atoms with van der Waals surface area (Å²) in [6.45, 7) is 4.04. The normalized spacial score (nSPS) is 21.0. The van der Waals surface area contributed by atoms with E-state index >= 15 is 0 Å². The molecule has 1 aliphatic rings. The second-order valence-electron chi connectivity index (χ2n) is 6.35. The van der Waals surface area contributed by atoms with E-state index in [4.69, 9.17) is 5.73 Å². The first-order valence-corrected chi connectivity index (χ1v) is 9.08. The fourth-order valence-corrected chi connectivity index (χ4v) is 4.02. The average molecular weight is 346 g/mol. The molecule has 2 N–H and O–H groups in total. The van der Waals surface area contributed by atoms with Crippen molar-refractivity contribution in [1.82, 2.24) is 14.7 Å². The van der Waals surface area contributed by atoms with Gasteiger partial charge in [0.2, 0.25) is 5.91 Å². The summed E-state index contributed by atoms with van der Waals surface area (Å²) in [5.74, 6) is -0.0768. The maximum atomic E-state index is 12.7. The van der Waals surface area contributed by atoms with Crippen LogP contribution in [0.25, 0.3) is 10.6 Å². The van der Waals surface area contributed by atoms with Crippen molar-refractivity contribution < 1.29 is 4.79 Å². The van der Waals surface area contributed by atoms with Gasteiger partial charge in [0.1, 0.15) is 17.9 Å². The minimum Gasteiger partial charge on any atom is -0.394 e. The van der Waals surface area contributed by atoms with Crippen molar-refractivity contribution in [2.45, 2.75) is 51.7 Å². The second-order valence-corrected chi connectivity index (χ2v) is 7.30. The van der Waals surface area contributed by atoms with Gasteiger partial charge in [0.15, 0.2) is 0 Å². The monoisotopic (exact) mass is 346 g/mol. The fraction of sp³-hybridized carbons (Fsp3) is 0.471. The van der Waals surface area contributed by atoms with Crippen LogP contribution in [0.2, 0.25) is 0 Å². The molecule has 1 saturated heterocycles. The lowest BCUT2D eigenvalue weighted by atomic mass is 9.97.